The summed E-state index contributed by atoms with van der Waals surface area (Å²) in [6.45, 7) is 6.00. The molecule has 2 aliphatic carbocycles. The van der Waals surface area contributed by atoms with Crippen LogP contribution < -0.4 is 11.1 Å². The second-order valence-electron chi connectivity index (χ2n) is 11.2. The normalized spacial score (nSPS) is 18.4. The first-order chi connectivity index (χ1) is 20.5. The highest BCUT2D eigenvalue weighted by Gasteiger charge is 2.51. The van der Waals surface area contributed by atoms with Crippen molar-refractivity contribution in [2.24, 2.45) is 5.73 Å². The van der Waals surface area contributed by atoms with E-state index in [-0.39, 0.29) is 5.84 Å². The number of fused-ring (bicyclic) bond motifs is 8. The number of allylic oxidation sites excluding steroid dienone is 9. The summed E-state index contributed by atoms with van der Waals surface area (Å²) >= 11 is 0. The molecule has 0 bridgehead atoms. The molecule has 1 unspecified atom stereocenters. The quantitative estimate of drug-likeness (QED) is 0.133. The van der Waals surface area contributed by atoms with Gasteiger partial charge in [0, 0.05) is 16.8 Å². The fraction of sp³-hybridized carbons (Fsp3) is 0.103. The van der Waals surface area contributed by atoms with Crippen LogP contribution in [0.5, 0.6) is 0 Å². The number of amidine groups is 1. The van der Waals surface area contributed by atoms with E-state index in [4.69, 9.17) is 11.1 Å². The summed E-state index contributed by atoms with van der Waals surface area (Å²) in [5.74, 6) is 0.0827. The average Bonchev–Trinajstić information content (AvgIpc) is 3.32. The van der Waals surface area contributed by atoms with Gasteiger partial charge >= 0.3 is 0 Å². The molecule has 4 aromatic rings. The van der Waals surface area contributed by atoms with Gasteiger partial charge in [0.2, 0.25) is 0 Å². The van der Waals surface area contributed by atoms with E-state index >= 15 is 0 Å². The molecule has 204 valence electrons. The van der Waals surface area contributed by atoms with Gasteiger partial charge in [0.05, 0.1) is 11.1 Å². The van der Waals surface area contributed by atoms with Crippen molar-refractivity contribution in [3.63, 3.8) is 0 Å². The number of hydrogen-bond acceptors (Lipinski definition) is 2. The Hall–Kier alpha value is -5.15. The topological polar surface area (TPSA) is 61.9 Å². The number of nitrogens with one attached hydrogen (secondary N) is 2. The number of rotatable bonds is 5. The molecule has 0 radical (unpaired) electrons. The van der Waals surface area contributed by atoms with Crippen LogP contribution in [0, 0.1) is 5.41 Å². The Morgan fingerprint density at radius 1 is 0.905 bits per heavy atom. The molecule has 0 saturated carbocycles. The lowest BCUT2D eigenvalue weighted by Gasteiger charge is -2.43. The first-order valence-corrected chi connectivity index (χ1v) is 14.5. The van der Waals surface area contributed by atoms with Gasteiger partial charge in [0.15, 0.2) is 0 Å². The first kappa shape index (κ1) is 25.8. The monoisotopic (exact) mass is 543 g/mol. The third-order valence-corrected chi connectivity index (χ3v) is 8.94. The molecule has 3 heteroatoms. The van der Waals surface area contributed by atoms with Crippen molar-refractivity contribution in [3.8, 4) is 11.1 Å². The van der Waals surface area contributed by atoms with Crippen LogP contribution >= 0.6 is 0 Å². The minimum absolute atomic E-state index is 0.0827. The largest absolute Gasteiger partial charge is 0.384 e. The maximum atomic E-state index is 7.81. The van der Waals surface area contributed by atoms with E-state index in [2.05, 4.69) is 116 Å². The minimum Gasteiger partial charge on any atom is -0.384 e. The van der Waals surface area contributed by atoms with Crippen LogP contribution in [0.25, 0.3) is 22.3 Å². The maximum absolute atomic E-state index is 7.81. The second kappa shape index (κ2) is 10.0. The van der Waals surface area contributed by atoms with E-state index in [1.807, 2.05) is 18.2 Å². The third-order valence-electron chi connectivity index (χ3n) is 8.94. The van der Waals surface area contributed by atoms with Crippen LogP contribution in [0.4, 0.5) is 11.4 Å². The van der Waals surface area contributed by atoms with Crippen LogP contribution in [-0.2, 0) is 5.41 Å². The van der Waals surface area contributed by atoms with Crippen molar-refractivity contribution in [1.82, 2.24) is 0 Å². The fourth-order valence-electron chi connectivity index (χ4n) is 7.09. The highest BCUT2D eigenvalue weighted by atomic mass is 14.9. The van der Waals surface area contributed by atoms with Gasteiger partial charge < -0.3 is 11.1 Å². The Bertz CT molecular complexity index is 1900. The molecule has 4 aromatic carbocycles. The van der Waals surface area contributed by atoms with Gasteiger partial charge in [-0.15, -0.1) is 0 Å². The van der Waals surface area contributed by atoms with E-state index in [9.17, 15) is 0 Å². The zero-order valence-electron chi connectivity index (χ0n) is 23.7. The molecular weight excluding hydrogens is 510 g/mol. The highest BCUT2D eigenvalue weighted by molar-refractivity contribution is 5.98. The molecule has 1 atom stereocenters. The van der Waals surface area contributed by atoms with Gasteiger partial charge in [-0.25, -0.2) is 0 Å². The predicted octanol–water partition coefficient (Wildman–Crippen LogP) is 9.29. The molecule has 4 N–H and O–H groups in total. The summed E-state index contributed by atoms with van der Waals surface area (Å²) in [5.41, 5.74) is 21.1. The van der Waals surface area contributed by atoms with Crippen LogP contribution in [0.15, 0.2) is 134 Å². The third kappa shape index (κ3) is 3.77. The molecule has 7 rings (SSSR count). The van der Waals surface area contributed by atoms with Gasteiger partial charge in [0.1, 0.15) is 5.84 Å². The van der Waals surface area contributed by atoms with Gasteiger partial charge in [-0.2, -0.15) is 0 Å². The molecule has 0 fully saturated rings. The highest BCUT2D eigenvalue weighted by Crippen LogP contribution is 2.62. The number of para-hydroxylation sites is 1. The molecule has 3 aliphatic rings. The maximum Gasteiger partial charge on any atom is 0.122 e. The molecule has 42 heavy (non-hydrogen) atoms. The molecule has 0 saturated heterocycles. The van der Waals surface area contributed by atoms with Crippen molar-refractivity contribution in [3.05, 3.63) is 167 Å². The van der Waals surface area contributed by atoms with Crippen molar-refractivity contribution in [2.75, 3.05) is 5.32 Å². The summed E-state index contributed by atoms with van der Waals surface area (Å²) < 4.78 is 0. The first-order valence-electron chi connectivity index (χ1n) is 14.5. The lowest BCUT2D eigenvalue weighted by molar-refractivity contribution is 0.693. The Kier molecular flexibility index (Phi) is 6.17. The van der Waals surface area contributed by atoms with Gasteiger partial charge in [0.25, 0.3) is 0 Å². The van der Waals surface area contributed by atoms with E-state index < -0.39 is 5.41 Å². The summed E-state index contributed by atoms with van der Waals surface area (Å²) in [5, 5.41) is 11.7. The van der Waals surface area contributed by atoms with E-state index in [0.29, 0.717) is 0 Å². The summed E-state index contributed by atoms with van der Waals surface area (Å²) in [6.07, 6.45) is 14.7. The van der Waals surface area contributed by atoms with Crippen LogP contribution in [0.2, 0.25) is 0 Å². The minimum atomic E-state index is -0.408. The van der Waals surface area contributed by atoms with Crippen LogP contribution in [-0.4, -0.2) is 5.84 Å². The van der Waals surface area contributed by atoms with Gasteiger partial charge in [-0.3, -0.25) is 5.41 Å². The molecule has 3 nitrogen and oxygen atoms in total. The predicted molar refractivity (Wildman–Crippen MR) is 177 cm³/mol. The van der Waals surface area contributed by atoms with Crippen molar-refractivity contribution >= 4 is 28.4 Å². The fourth-order valence-corrected chi connectivity index (χ4v) is 7.09. The Labute approximate surface area is 247 Å². The molecular formula is C39H33N3. The average molecular weight is 544 g/mol. The zero-order valence-corrected chi connectivity index (χ0v) is 23.7. The Balaban J connectivity index is 1.53. The molecule has 1 heterocycles. The van der Waals surface area contributed by atoms with Crippen molar-refractivity contribution < 1.29 is 0 Å². The van der Waals surface area contributed by atoms with Gasteiger partial charge in [-0.1, -0.05) is 116 Å². The molecule has 1 aliphatic heterocycles. The summed E-state index contributed by atoms with van der Waals surface area (Å²) in [4.78, 5) is 0. The standard InChI is InChI=1S/C39H33N3/c1-3-4-5-11-25(2)29-14-10-17-34-37(29)42-36-23-22-28(26-18-20-27(21-19-26)38(40)41)24-35(36)39(34)32-15-8-6-12-30(32)31-13-7-9-16-33(31)39/h3-8,10-15,17-24,42H,1,9,16H2,2H3,(H3,40,41)/b5-4-,25-11+. The number of nitrogen functional groups attached to an aromatic ring is 1. The molecule has 1 spiro atoms. The van der Waals surface area contributed by atoms with Gasteiger partial charge in [-0.05, 0) is 82.0 Å². The zero-order chi connectivity index (χ0) is 28.8. The smallest absolute Gasteiger partial charge is 0.122 e. The molecule has 0 amide bonds. The van der Waals surface area contributed by atoms with E-state index in [1.54, 1.807) is 6.08 Å². The number of hydrogen-bond donors (Lipinski definition) is 3. The SMILES string of the molecule is C=C/C=C\C=C(/C)c1cccc2c1Nc1ccc(-c3ccc(C(=N)N)cc3)cc1C21C2=C(C=CCC2)c2ccccc21. The van der Waals surface area contributed by atoms with E-state index in [0.717, 1.165) is 35.2 Å². The lowest BCUT2D eigenvalue weighted by atomic mass is 9.62. The Morgan fingerprint density at radius 3 is 2.50 bits per heavy atom. The second-order valence-corrected chi connectivity index (χ2v) is 11.2. The summed E-state index contributed by atoms with van der Waals surface area (Å²) in [6, 6.07) is 30.5. The van der Waals surface area contributed by atoms with Crippen LogP contribution in [0.1, 0.15) is 53.1 Å². The van der Waals surface area contributed by atoms with Crippen molar-refractivity contribution in [1.29, 1.82) is 5.41 Å². The van der Waals surface area contributed by atoms with Crippen molar-refractivity contribution in [2.45, 2.75) is 25.2 Å². The number of nitrogens with two attached hydrogens (primary N) is 1. The summed E-state index contributed by atoms with van der Waals surface area (Å²) in [7, 11) is 0. The Morgan fingerprint density at radius 2 is 1.69 bits per heavy atom. The number of anilines is 2. The van der Waals surface area contributed by atoms with Crippen LogP contribution in [0.3, 0.4) is 0 Å². The number of benzene rings is 4. The van der Waals surface area contributed by atoms with E-state index in [1.165, 1.54) is 50.2 Å². The molecule has 0 aromatic heterocycles. The lowest BCUT2D eigenvalue weighted by Crippen LogP contribution is -2.35.